The van der Waals surface area contributed by atoms with Gasteiger partial charge in [-0.05, 0) is 31.5 Å². The van der Waals surface area contributed by atoms with E-state index in [0.717, 1.165) is 17.3 Å². The van der Waals surface area contributed by atoms with E-state index in [4.69, 9.17) is 10.5 Å². The number of nitrogen functional groups attached to an aromatic ring is 1. The molecule has 4 N–H and O–H groups in total. The highest BCUT2D eigenvalue weighted by atomic mass is 16.5. The van der Waals surface area contributed by atoms with Crippen LogP contribution in [0.2, 0.25) is 0 Å². The summed E-state index contributed by atoms with van der Waals surface area (Å²) in [5.41, 5.74) is 7.93. The Labute approximate surface area is 111 Å². The number of anilines is 1. The minimum atomic E-state index is -0.0710. The molecule has 100 valence electrons. The molecule has 1 aromatic heterocycles. The highest BCUT2D eigenvalue weighted by Gasteiger charge is 2.26. The maximum Gasteiger partial charge on any atom is 0.253 e. The Bertz CT molecular complexity index is 620. The molecule has 19 heavy (non-hydrogen) atoms. The van der Waals surface area contributed by atoms with Crippen LogP contribution in [0.15, 0.2) is 24.4 Å². The van der Waals surface area contributed by atoms with Gasteiger partial charge in [0.25, 0.3) is 5.91 Å². The van der Waals surface area contributed by atoms with Gasteiger partial charge < -0.3 is 20.8 Å². The van der Waals surface area contributed by atoms with Gasteiger partial charge in [0.1, 0.15) is 0 Å². The van der Waals surface area contributed by atoms with Crippen LogP contribution >= 0.6 is 0 Å². The Morgan fingerprint density at radius 2 is 2.37 bits per heavy atom. The van der Waals surface area contributed by atoms with Gasteiger partial charge in [-0.25, -0.2) is 0 Å². The maximum absolute atomic E-state index is 12.3. The predicted molar refractivity (Wildman–Crippen MR) is 74.0 cm³/mol. The van der Waals surface area contributed by atoms with Crippen molar-refractivity contribution in [1.29, 1.82) is 0 Å². The lowest BCUT2D eigenvalue weighted by atomic mass is 10.1. The van der Waals surface area contributed by atoms with E-state index in [1.54, 1.807) is 12.3 Å². The van der Waals surface area contributed by atoms with E-state index in [2.05, 4.69) is 10.3 Å². The normalized spacial score (nSPS) is 22.8. The molecule has 2 heterocycles. The van der Waals surface area contributed by atoms with E-state index in [1.807, 2.05) is 19.1 Å². The Kier molecular flexibility index (Phi) is 2.91. The largest absolute Gasteiger partial charge is 0.399 e. The molecule has 5 heteroatoms. The molecule has 2 atom stereocenters. The molecule has 0 bridgehead atoms. The van der Waals surface area contributed by atoms with Crippen molar-refractivity contribution >= 4 is 22.5 Å². The summed E-state index contributed by atoms with van der Waals surface area (Å²) < 4.78 is 5.45. The van der Waals surface area contributed by atoms with Crippen LogP contribution in [0.4, 0.5) is 5.69 Å². The maximum atomic E-state index is 12.3. The number of rotatable bonds is 2. The lowest BCUT2D eigenvalue weighted by Gasteiger charge is -2.15. The Hall–Kier alpha value is -2.01. The molecule has 0 saturated carbocycles. The van der Waals surface area contributed by atoms with Crippen LogP contribution in [0.5, 0.6) is 0 Å². The van der Waals surface area contributed by atoms with Crippen molar-refractivity contribution in [1.82, 2.24) is 10.3 Å². The summed E-state index contributed by atoms with van der Waals surface area (Å²) in [5.74, 6) is -0.0710. The second kappa shape index (κ2) is 4.59. The number of nitrogens with one attached hydrogen (secondary N) is 2. The first kappa shape index (κ1) is 12.0. The third kappa shape index (κ3) is 2.17. The Morgan fingerprint density at radius 3 is 3.11 bits per heavy atom. The standard InChI is InChI=1S/C14H17N3O2/c1-8-12(4-5-19-8)17-14(18)11-7-16-13-6-9(15)2-3-10(11)13/h2-3,6-8,12,16H,4-5,15H2,1H3,(H,17,18). The molecule has 1 fully saturated rings. The van der Waals surface area contributed by atoms with Crippen molar-refractivity contribution in [3.63, 3.8) is 0 Å². The molecule has 1 aromatic carbocycles. The summed E-state index contributed by atoms with van der Waals surface area (Å²) in [5, 5.41) is 3.91. The molecule has 1 saturated heterocycles. The number of hydrogen-bond donors (Lipinski definition) is 3. The van der Waals surface area contributed by atoms with Gasteiger partial charge in [-0.2, -0.15) is 0 Å². The summed E-state index contributed by atoms with van der Waals surface area (Å²) >= 11 is 0. The Morgan fingerprint density at radius 1 is 1.53 bits per heavy atom. The third-order valence-electron chi connectivity index (χ3n) is 3.64. The van der Waals surface area contributed by atoms with Crippen molar-refractivity contribution in [2.45, 2.75) is 25.5 Å². The number of aromatic amines is 1. The predicted octanol–water partition coefficient (Wildman–Crippen LogP) is 1.66. The van der Waals surface area contributed by atoms with E-state index >= 15 is 0 Å². The van der Waals surface area contributed by atoms with Crippen LogP contribution < -0.4 is 11.1 Å². The van der Waals surface area contributed by atoms with Crippen molar-refractivity contribution in [3.8, 4) is 0 Å². The molecular weight excluding hydrogens is 242 g/mol. The zero-order chi connectivity index (χ0) is 13.4. The topological polar surface area (TPSA) is 80.1 Å². The molecule has 1 aliphatic heterocycles. The minimum absolute atomic E-state index is 0.0710. The van der Waals surface area contributed by atoms with Gasteiger partial charge in [-0.15, -0.1) is 0 Å². The molecule has 0 radical (unpaired) electrons. The zero-order valence-electron chi connectivity index (χ0n) is 10.8. The van der Waals surface area contributed by atoms with Crippen molar-refractivity contribution in [2.24, 2.45) is 0 Å². The van der Waals surface area contributed by atoms with Crippen molar-refractivity contribution in [2.75, 3.05) is 12.3 Å². The molecule has 1 aliphatic rings. The van der Waals surface area contributed by atoms with Crippen LogP contribution in [0.25, 0.3) is 10.9 Å². The fourth-order valence-corrected chi connectivity index (χ4v) is 2.50. The van der Waals surface area contributed by atoms with Crippen LogP contribution in [-0.4, -0.2) is 29.6 Å². The number of ether oxygens (including phenoxy) is 1. The summed E-state index contributed by atoms with van der Waals surface area (Å²) in [4.78, 5) is 15.4. The van der Waals surface area contributed by atoms with Gasteiger partial charge in [-0.3, -0.25) is 4.79 Å². The zero-order valence-corrected chi connectivity index (χ0v) is 10.8. The molecule has 3 rings (SSSR count). The van der Waals surface area contributed by atoms with E-state index in [0.29, 0.717) is 17.9 Å². The van der Waals surface area contributed by atoms with Gasteiger partial charge in [-0.1, -0.05) is 0 Å². The van der Waals surface area contributed by atoms with E-state index in [-0.39, 0.29) is 18.1 Å². The number of carbonyl (C=O) groups excluding carboxylic acids is 1. The van der Waals surface area contributed by atoms with Gasteiger partial charge >= 0.3 is 0 Å². The first-order valence-electron chi connectivity index (χ1n) is 6.44. The number of nitrogens with two attached hydrogens (primary N) is 1. The summed E-state index contributed by atoms with van der Waals surface area (Å²) in [6, 6.07) is 5.58. The van der Waals surface area contributed by atoms with Gasteiger partial charge in [0, 0.05) is 29.4 Å². The first-order valence-corrected chi connectivity index (χ1v) is 6.44. The molecule has 2 aromatic rings. The number of fused-ring (bicyclic) bond motifs is 1. The molecule has 1 amide bonds. The third-order valence-corrected chi connectivity index (χ3v) is 3.64. The van der Waals surface area contributed by atoms with Crippen LogP contribution in [0.1, 0.15) is 23.7 Å². The Balaban J connectivity index is 1.85. The van der Waals surface area contributed by atoms with Crippen LogP contribution in [-0.2, 0) is 4.74 Å². The summed E-state index contributed by atoms with van der Waals surface area (Å²) in [6.45, 7) is 2.68. The number of aromatic nitrogens is 1. The summed E-state index contributed by atoms with van der Waals surface area (Å²) in [7, 11) is 0. The minimum Gasteiger partial charge on any atom is -0.399 e. The van der Waals surface area contributed by atoms with E-state index in [1.165, 1.54) is 0 Å². The number of benzene rings is 1. The fraction of sp³-hybridized carbons (Fsp3) is 0.357. The van der Waals surface area contributed by atoms with E-state index < -0.39 is 0 Å². The first-order chi connectivity index (χ1) is 9.15. The van der Waals surface area contributed by atoms with E-state index in [9.17, 15) is 4.79 Å². The van der Waals surface area contributed by atoms with Gasteiger partial charge in [0.2, 0.25) is 0 Å². The number of amides is 1. The molecule has 0 spiro atoms. The lowest BCUT2D eigenvalue weighted by molar-refractivity contribution is 0.0867. The highest BCUT2D eigenvalue weighted by Crippen LogP contribution is 2.21. The van der Waals surface area contributed by atoms with Crippen molar-refractivity contribution < 1.29 is 9.53 Å². The SMILES string of the molecule is CC1OCCC1NC(=O)c1c[nH]c2cc(N)ccc12. The molecule has 0 aliphatic carbocycles. The second-order valence-corrected chi connectivity index (χ2v) is 4.95. The smallest absolute Gasteiger partial charge is 0.253 e. The number of H-pyrrole nitrogens is 1. The monoisotopic (exact) mass is 259 g/mol. The number of carbonyl (C=O) groups is 1. The molecular formula is C14H17N3O2. The lowest BCUT2D eigenvalue weighted by Crippen LogP contribution is -2.39. The fourth-order valence-electron chi connectivity index (χ4n) is 2.50. The van der Waals surface area contributed by atoms with Crippen LogP contribution in [0.3, 0.4) is 0 Å². The van der Waals surface area contributed by atoms with Crippen LogP contribution in [0, 0.1) is 0 Å². The second-order valence-electron chi connectivity index (χ2n) is 4.95. The summed E-state index contributed by atoms with van der Waals surface area (Å²) in [6.07, 6.45) is 2.66. The average Bonchev–Trinajstić information content (AvgIpc) is 2.96. The quantitative estimate of drug-likeness (QED) is 0.717. The average molecular weight is 259 g/mol. The van der Waals surface area contributed by atoms with Gasteiger partial charge in [0.15, 0.2) is 0 Å². The molecule has 5 nitrogen and oxygen atoms in total. The highest BCUT2D eigenvalue weighted by molar-refractivity contribution is 6.07. The van der Waals surface area contributed by atoms with Gasteiger partial charge in [0.05, 0.1) is 17.7 Å². The van der Waals surface area contributed by atoms with Crippen molar-refractivity contribution in [3.05, 3.63) is 30.0 Å². The number of hydrogen-bond acceptors (Lipinski definition) is 3. The molecule has 2 unspecified atom stereocenters.